The fourth-order valence-corrected chi connectivity index (χ4v) is 1.02. The molecule has 2 atom stereocenters. The van der Waals surface area contributed by atoms with Crippen LogP contribution in [0.5, 0.6) is 0 Å². The summed E-state index contributed by atoms with van der Waals surface area (Å²) >= 11 is 0. The third kappa shape index (κ3) is 3.41. The van der Waals surface area contributed by atoms with E-state index in [1.807, 2.05) is 13.8 Å². The zero-order chi connectivity index (χ0) is 8.85. The van der Waals surface area contributed by atoms with Gasteiger partial charge in [-0.15, -0.1) is 5.92 Å². The summed E-state index contributed by atoms with van der Waals surface area (Å²) in [6.45, 7) is 6.29. The number of hydrogen-bond acceptors (Lipinski definition) is 2. The van der Waals surface area contributed by atoms with Crippen molar-refractivity contribution in [2.24, 2.45) is 17.6 Å². The Morgan fingerprint density at radius 3 is 2.27 bits per heavy atom. The largest absolute Gasteiger partial charge is 0.380 e. The zero-order valence-corrected chi connectivity index (χ0v) is 7.46. The van der Waals surface area contributed by atoms with Gasteiger partial charge in [0.05, 0.1) is 0 Å². The molecule has 64 valence electrons. The quantitative estimate of drug-likeness (QED) is 0.586. The van der Waals surface area contributed by atoms with E-state index in [9.17, 15) is 5.11 Å². The van der Waals surface area contributed by atoms with Crippen molar-refractivity contribution in [3.63, 3.8) is 0 Å². The molecule has 0 saturated heterocycles. The smallest absolute Gasteiger partial charge is 0.118 e. The van der Waals surface area contributed by atoms with Crippen molar-refractivity contribution in [2.75, 3.05) is 6.54 Å². The predicted molar refractivity (Wildman–Crippen MR) is 46.8 cm³/mol. The summed E-state index contributed by atoms with van der Waals surface area (Å²) in [5, 5.41) is 9.43. The van der Waals surface area contributed by atoms with Gasteiger partial charge in [-0.05, 0) is 19.4 Å². The third-order valence-corrected chi connectivity index (χ3v) is 1.83. The average Bonchev–Trinajstić information content (AvgIpc) is 1.88. The summed E-state index contributed by atoms with van der Waals surface area (Å²) in [7, 11) is 0. The molecule has 0 rings (SSSR count). The molecule has 2 unspecified atom stereocenters. The van der Waals surface area contributed by atoms with E-state index in [1.165, 1.54) is 0 Å². The van der Waals surface area contributed by atoms with Crippen LogP contribution in [0.4, 0.5) is 0 Å². The van der Waals surface area contributed by atoms with E-state index in [0.29, 0.717) is 12.5 Å². The van der Waals surface area contributed by atoms with E-state index in [1.54, 1.807) is 6.92 Å². The Kier molecular flexibility index (Phi) is 4.93. The minimum atomic E-state index is -0.565. The molecule has 0 aliphatic rings. The van der Waals surface area contributed by atoms with Crippen LogP contribution >= 0.6 is 0 Å². The van der Waals surface area contributed by atoms with E-state index in [0.717, 1.165) is 0 Å². The second-order valence-corrected chi connectivity index (χ2v) is 2.98. The van der Waals surface area contributed by atoms with Gasteiger partial charge in [0, 0.05) is 5.92 Å². The summed E-state index contributed by atoms with van der Waals surface area (Å²) in [6, 6.07) is 0. The fourth-order valence-electron chi connectivity index (χ4n) is 1.02. The van der Waals surface area contributed by atoms with Gasteiger partial charge in [0.1, 0.15) is 6.10 Å². The second-order valence-electron chi connectivity index (χ2n) is 2.98. The first kappa shape index (κ1) is 10.5. The van der Waals surface area contributed by atoms with Crippen LogP contribution < -0.4 is 5.73 Å². The van der Waals surface area contributed by atoms with E-state index in [4.69, 9.17) is 5.73 Å². The van der Waals surface area contributed by atoms with Crippen LogP contribution in [0.1, 0.15) is 20.8 Å². The normalized spacial score (nSPS) is 15.5. The lowest BCUT2D eigenvalue weighted by molar-refractivity contribution is 0.135. The number of hydrogen-bond donors (Lipinski definition) is 2. The lowest BCUT2D eigenvalue weighted by Crippen LogP contribution is -2.30. The van der Waals surface area contributed by atoms with E-state index >= 15 is 0 Å². The van der Waals surface area contributed by atoms with Gasteiger partial charge in [-0.1, -0.05) is 19.8 Å². The summed E-state index contributed by atoms with van der Waals surface area (Å²) in [5.41, 5.74) is 5.48. The highest BCUT2D eigenvalue weighted by atomic mass is 16.3. The van der Waals surface area contributed by atoms with Gasteiger partial charge >= 0.3 is 0 Å². The molecule has 0 aromatic heterocycles. The molecule has 0 heterocycles. The Balaban J connectivity index is 4.09. The molecule has 0 spiro atoms. The molecule has 0 radical (unpaired) electrons. The maximum Gasteiger partial charge on any atom is 0.118 e. The molecule has 11 heavy (non-hydrogen) atoms. The van der Waals surface area contributed by atoms with Crippen LogP contribution in [0.25, 0.3) is 0 Å². The van der Waals surface area contributed by atoms with E-state index in [-0.39, 0.29) is 5.92 Å². The molecule has 0 aromatic rings. The molecule has 2 nitrogen and oxygen atoms in total. The van der Waals surface area contributed by atoms with Crippen molar-refractivity contribution in [3.8, 4) is 11.8 Å². The molecule has 0 aromatic carbocycles. The van der Waals surface area contributed by atoms with Crippen molar-refractivity contribution < 1.29 is 5.11 Å². The number of rotatable bonds is 3. The summed E-state index contributed by atoms with van der Waals surface area (Å²) in [6.07, 6.45) is -0.565. The highest BCUT2D eigenvalue weighted by Crippen LogP contribution is 2.13. The molecule has 0 bridgehead atoms. The fraction of sp³-hybridized carbons (Fsp3) is 0.778. The van der Waals surface area contributed by atoms with Crippen LogP contribution in [0, 0.1) is 23.7 Å². The first-order chi connectivity index (χ1) is 5.13. The molecule has 0 aliphatic heterocycles. The first-order valence-electron chi connectivity index (χ1n) is 3.93. The van der Waals surface area contributed by atoms with Gasteiger partial charge in [0.2, 0.25) is 0 Å². The monoisotopic (exact) mass is 155 g/mol. The number of aliphatic hydroxyl groups excluding tert-OH is 1. The molecule has 0 aliphatic carbocycles. The Bertz CT molecular complexity index is 155. The highest BCUT2D eigenvalue weighted by Gasteiger charge is 2.18. The summed E-state index contributed by atoms with van der Waals surface area (Å²) in [4.78, 5) is 0. The number of aliphatic hydroxyl groups is 1. The van der Waals surface area contributed by atoms with Crippen LogP contribution in [-0.2, 0) is 0 Å². The van der Waals surface area contributed by atoms with Crippen molar-refractivity contribution in [1.29, 1.82) is 0 Å². The molecular formula is C9H17NO. The van der Waals surface area contributed by atoms with Gasteiger partial charge in [-0.25, -0.2) is 0 Å². The molecule has 2 heteroatoms. The first-order valence-corrected chi connectivity index (χ1v) is 3.93. The molecule has 3 N–H and O–H groups in total. The maximum atomic E-state index is 9.43. The van der Waals surface area contributed by atoms with Crippen molar-refractivity contribution in [2.45, 2.75) is 26.9 Å². The van der Waals surface area contributed by atoms with Crippen LogP contribution in [-0.4, -0.2) is 17.8 Å². The van der Waals surface area contributed by atoms with Gasteiger partial charge in [-0.3, -0.25) is 0 Å². The zero-order valence-electron chi connectivity index (χ0n) is 7.46. The van der Waals surface area contributed by atoms with Gasteiger partial charge < -0.3 is 10.8 Å². The van der Waals surface area contributed by atoms with Gasteiger partial charge in [-0.2, -0.15) is 0 Å². The topological polar surface area (TPSA) is 46.2 Å². The summed E-state index contributed by atoms with van der Waals surface area (Å²) in [5.74, 6) is 5.87. The van der Waals surface area contributed by atoms with Crippen molar-refractivity contribution in [3.05, 3.63) is 0 Å². The van der Waals surface area contributed by atoms with Crippen LogP contribution in [0.2, 0.25) is 0 Å². The maximum absolute atomic E-state index is 9.43. The predicted octanol–water partition coefficient (Wildman–Crippen LogP) is 0.601. The Morgan fingerprint density at radius 2 is 2.00 bits per heavy atom. The third-order valence-electron chi connectivity index (χ3n) is 1.83. The Morgan fingerprint density at radius 1 is 1.45 bits per heavy atom. The molecule has 0 fully saturated rings. The minimum absolute atomic E-state index is 0.0995. The van der Waals surface area contributed by atoms with E-state index in [2.05, 4.69) is 11.8 Å². The minimum Gasteiger partial charge on any atom is -0.380 e. The van der Waals surface area contributed by atoms with Crippen molar-refractivity contribution in [1.82, 2.24) is 0 Å². The highest BCUT2D eigenvalue weighted by molar-refractivity contribution is 5.04. The second kappa shape index (κ2) is 5.17. The van der Waals surface area contributed by atoms with Crippen LogP contribution in [0.15, 0.2) is 0 Å². The SMILES string of the molecule is CC#CC(O)C(CN)C(C)C. The van der Waals surface area contributed by atoms with E-state index < -0.39 is 6.10 Å². The molecular weight excluding hydrogens is 138 g/mol. The molecule has 0 amide bonds. The number of nitrogens with two attached hydrogens (primary N) is 1. The average molecular weight is 155 g/mol. The Labute approximate surface area is 68.8 Å². The van der Waals surface area contributed by atoms with Gasteiger partial charge in [0.25, 0.3) is 0 Å². The Hall–Kier alpha value is -0.520. The van der Waals surface area contributed by atoms with Gasteiger partial charge in [0.15, 0.2) is 0 Å². The van der Waals surface area contributed by atoms with Crippen LogP contribution in [0.3, 0.4) is 0 Å². The standard InChI is InChI=1S/C9H17NO/c1-4-5-9(11)8(6-10)7(2)3/h7-9,11H,6,10H2,1-3H3. The lowest BCUT2D eigenvalue weighted by Gasteiger charge is -2.20. The summed E-state index contributed by atoms with van der Waals surface area (Å²) < 4.78 is 0. The van der Waals surface area contributed by atoms with Crippen molar-refractivity contribution >= 4 is 0 Å². The lowest BCUT2D eigenvalue weighted by atomic mass is 9.91. The molecule has 0 saturated carbocycles.